The van der Waals surface area contributed by atoms with Crippen LogP contribution < -0.4 is 10.6 Å². The number of nitrogens with two attached hydrogens (primary N) is 1. The summed E-state index contributed by atoms with van der Waals surface area (Å²) in [5.74, 6) is -1.68. The number of anilines is 1. The summed E-state index contributed by atoms with van der Waals surface area (Å²) < 4.78 is 49.7. The third-order valence-corrected chi connectivity index (χ3v) is 4.77. The van der Waals surface area contributed by atoms with Crippen LogP contribution in [0.5, 0.6) is 0 Å². The molecule has 1 amide bonds. The Morgan fingerprint density at radius 1 is 1.20 bits per heavy atom. The lowest BCUT2D eigenvalue weighted by Crippen LogP contribution is -2.86. The normalized spacial score (nSPS) is 12.6. The molecule has 0 aliphatic carbocycles. The van der Waals surface area contributed by atoms with Gasteiger partial charge in [0.15, 0.2) is 16.4 Å². The molecule has 0 fully saturated rings. The monoisotopic (exact) mass is 369 g/mol. The molecule has 134 valence electrons. The zero-order valence-electron chi connectivity index (χ0n) is 13.8. The molecular weight excluding hydrogens is 350 g/mol. The van der Waals surface area contributed by atoms with Crippen LogP contribution in [0.3, 0.4) is 0 Å². The van der Waals surface area contributed by atoms with Crippen molar-refractivity contribution in [2.24, 2.45) is 0 Å². The first-order chi connectivity index (χ1) is 11.7. The second-order valence-electron chi connectivity index (χ2n) is 5.74. The summed E-state index contributed by atoms with van der Waals surface area (Å²) in [6.07, 6.45) is 1.08. The molecule has 0 bridgehead atoms. The molecule has 5 nitrogen and oxygen atoms in total. The number of hydrogen-bond acceptors (Lipinski definition) is 3. The predicted octanol–water partition coefficient (Wildman–Crippen LogP) is 1.63. The zero-order valence-corrected chi connectivity index (χ0v) is 14.6. The lowest BCUT2D eigenvalue weighted by atomic mass is 10.1. The van der Waals surface area contributed by atoms with Crippen molar-refractivity contribution in [3.05, 3.63) is 59.7 Å². The first-order valence-corrected chi connectivity index (χ1v) is 9.44. The summed E-state index contributed by atoms with van der Waals surface area (Å²) in [7, 11) is -3.36. The van der Waals surface area contributed by atoms with Crippen LogP contribution in [0.2, 0.25) is 0 Å². The van der Waals surface area contributed by atoms with Crippen molar-refractivity contribution < 1.29 is 27.3 Å². The van der Waals surface area contributed by atoms with Crippen LogP contribution in [0.4, 0.5) is 14.5 Å². The summed E-state index contributed by atoms with van der Waals surface area (Å²) in [6, 6.07) is 8.86. The Morgan fingerprint density at radius 2 is 1.92 bits per heavy atom. The zero-order chi connectivity index (χ0) is 18.6. The molecule has 25 heavy (non-hydrogen) atoms. The minimum Gasteiger partial charge on any atom is -0.332 e. The van der Waals surface area contributed by atoms with Gasteiger partial charge in [-0.1, -0.05) is 6.07 Å². The van der Waals surface area contributed by atoms with Crippen molar-refractivity contribution in [1.29, 1.82) is 0 Å². The maximum Gasteiger partial charge on any atom is 0.279 e. The van der Waals surface area contributed by atoms with Gasteiger partial charge in [0.2, 0.25) is 0 Å². The number of carbonyl (C=O) groups is 1. The second kappa shape index (κ2) is 7.71. The minimum absolute atomic E-state index is 0.00108. The Labute approximate surface area is 145 Å². The van der Waals surface area contributed by atoms with Crippen molar-refractivity contribution in [2.75, 3.05) is 18.1 Å². The molecule has 3 N–H and O–H groups in total. The minimum atomic E-state index is -3.36. The Bertz CT molecular complexity index is 885. The molecule has 0 aliphatic rings. The highest BCUT2D eigenvalue weighted by atomic mass is 32.2. The highest BCUT2D eigenvalue weighted by Gasteiger charge is 2.16. The van der Waals surface area contributed by atoms with Gasteiger partial charge in [-0.15, -0.1) is 0 Å². The molecule has 8 heteroatoms. The highest BCUT2D eigenvalue weighted by Crippen LogP contribution is 2.16. The quantitative estimate of drug-likeness (QED) is 0.812. The van der Waals surface area contributed by atoms with Gasteiger partial charge in [-0.3, -0.25) is 4.79 Å². The third kappa shape index (κ3) is 5.33. The van der Waals surface area contributed by atoms with Gasteiger partial charge in [-0.25, -0.2) is 17.2 Å². The van der Waals surface area contributed by atoms with Crippen molar-refractivity contribution >= 4 is 21.4 Å². The van der Waals surface area contributed by atoms with E-state index in [4.69, 9.17) is 0 Å². The highest BCUT2D eigenvalue weighted by molar-refractivity contribution is 7.90. The standard InChI is InChI=1S/C17H18F2N2O3S/c1-11(15-7-6-12(18)8-16(15)19)20-10-17(22)21-13-4-3-5-14(9-13)25(2,23)24/h3-9,11,20H,10H2,1-2H3,(H,21,22)/p+1/t11-/m1/s1. The van der Waals surface area contributed by atoms with E-state index in [9.17, 15) is 22.0 Å². The van der Waals surface area contributed by atoms with E-state index in [1.807, 2.05) is 0 Å². The van der Waals surface area contributed by atoms with E-state index in [1.54, 1.807) is 18.3 Å². The van der Waals surface area contributed by atoms with Crippen molar-refractivity contribution in [2.45, 2.75) is 17.9 Å². The van der Waals surface area contributed by atoms with Gasteiger partial charge in [0.1, 0.15) is 17.7 Å². The number of hydrogen-bond donors (Lipinski definition) is 2. The first kappa shape index (κ1) is 19.0. The van der Waals surface area contributed by atoms with Crippen LogP contribution >= 0.6 is 0 Å². The number of rotatable bonds is 6. The molecule has 2 aromatic rings. The molecule has 0 radical (unpaired) electrons. The average Bonchev–Trinajstić information content (AvgIpc) is 2.52. The van der Waals surface area contributed by atoms with Gasteiger partial charge >= 0.3 is 0 Å². The van der Waals surface area contributed by atoms with Gasteiger partial charge in [0.05, 0.1) is 4.90 Å². The molecule has 0 saturated carbocycles. The first-order valence-electron chi connectivity index (χ1n) is 7.55. The number of benzene rings is 2. The smallest absolute Gasteiger partial charge is 0.279 e. The number of sulfone groups is 1. The van der Waals surface area contributed by atoms with Gasteiger partial charge in [0, 0.05) is 23.6 Å². The molecule has 2 aromatic carbocycles. The van der Waals surface area contributed by atoms with E-state index in [2.05, 4.69) is 5.32 Å². The molecule has 2 rings (SSSR count). The maximum atomic E-state index is 13.7. The fourth-order valence-electron chi connectivity index (χ4n) is 2.30. The molecule has 0 aromatic heterocycles. The second-order valence-corrected chi connectivity index (χ2v) is 7.76. The van der Waals surface area contributed by atoms with E-state index in [-0.39, 0.29) is 23.4 Å². The number of amides is 1. The van der Waals surface area contributed by atoms with Crippen molar-refractivity contribution in [3.63, 3.8) is 0 Å². The van der Waals surface area contributed by atoms with E-state index in [0.29, 0.717) is 11.3 Å². The summed E-state index contributed by atoms with van der Waals surface area (Å²) in [4.78, 5) is 12.1. The number of nitrogens with one attached hydrogen (secondary N) is 1. The Kier molecular flexibility index (Phi) is 5.86. The summed E-state index contributed by atoms with van der Waals surface area (Å²) in [6.45, 7) is 1.70. The van der Waals surface area contributed by atoms with Gasteiger partial charge < -0.3 is 10.6 Å². The fourth-order valence-corrected chi connectivity index (χ4v) is 2.96. The van der Waals surface area contributed by atoms with E-state index < -0.39 is 21.5 Å². The Balaban J connectivity index is 1.97. The van der Waals surface area contributed by atoms with Gasteiger partial charge in [-0.2, -0.15) is 0 Å². The molecule has 0 saturated heterocycles. The Morgan fingerprint density at radius 3 is 2.56 bits per heavy atom. The van der Waals surface area contributed by atoms with Crippen molar-refractivity contribution in [1.82, 2.24) is 0 Å². The van der Waals surface area contributed by atoms with Crippen LogP contribution in [-0.2, 0) is 14.6 Å². The van der Waals surface area contributed by atoms with Crippen LogP contribution in [0, 0.1) is 11.6 Å². The molecule has 0 spiro atoms. The number of carbonyl (C=O) groups excluding carboxylic acids is 1. The SMILES string of the molecule is C[C@@H]([NH2+]CC(=O)Nc1cccc(S(C)(=O)=O)c1)c1ccc(F)cc1F. The summed E-state index contributed by atoms with van der Waals surface area (Å²) >= 11 is 0. The fraction of sp³-hybridized carbons (Fsp3) is 0.235. The summed E-state index contributed by atoms with van der Waals surface area (Å²) in [5.41, 5.74) is 0.662. The molecule has 1 atom stereocenters. The van der Waals surface area contributed by atoms with Crippen molar-refractivity contribution in [3.8, 4) is 0 Å². The van der Waals surface area contributed by atoms with Gasteiger partial charge in [0.25, 0.3) is 5.91 Å². The molecular formula is C17H19F2N2O3S+. The van der Waals surface area contributed by atoms with E-state index in [0.717, 1.165) is 12.3 Å². The van der Waals surface area contributed by atoms with Crippen LogP contribution in [-0.4, -0.2) is 27.1 Å². The number of halogens is 2. The molecule has 0 aliphatic heterocycles. The predicted molar refractivity (Wildman–Crippen MR) is 89.7 cm³/mol. The third-order valence-electron chi connectivity index (χ3n) is 3.66. The molecule has 0 heterocycles. The lowest BCUT2D eigenvalue weighted by molar-refractivity contribution is -0.682. The molecule has 0 unspecified atom stereocenters. The van der Waals surface area contributed by atoms with E-state index >= 15 is 0 Å². The van der Waals surface area contributed by atoms with Crippen LogP contribution in [0.1, 0.15) is 18.5 Å². The summed E-state index contributed by atoms with van der Waals surface area (Å²) in [5, 5.41) is 4.20. The van der Waals surface area contributed by atoms with E-state index in [1.165, 1.54) is 30.3 Å². The lowest BCUT2D eigenvalue weighted by Gasteiger charge is -2.12. The topological polar surface area (TPSA) is 79.8 Å². The van der Waals surface area contributed by atoms with Crippen LogP contribution in [0.15, 0.2) is 47.4 Å². The largest absolute Gasteiger partial charge is 0.332 e. The van der Waals surface area contributed by atoms with Gasteiger partial charge in [-0.05, 0) is 37.3 Å². The average molecular weight is 369 g/mol. The Hall–Kier alpha value is -2.32. The van der Waals surface area contributed by atoms with Crippen LogP contribution in [0.25, 0.3) is 0 Å². The number of quaternary nitrogens is 1. The maximum absolute atomic E-state index is 13.7.